The number of aryl methyl sites for hydroxylation is 1. The lowest BCUT2D eigenvalue weighted by Crippen LogP contribution is -2.29. The van der Waals surface area contributed by atoms with Crippen LogP contribution in [0.15, 0.2) is 10.7 Å². The number of likely N-dealkylation sites (tertiary alicyclic amines) is 1. The highest BCUT2D eigenvalue weighted by Gasteiger charge is 2.22. The topological polar surface area (TPSA) is 119 Å². The minimum atomic E-state index is -1.13. The molecule has 0 unspecified atom stereocenters. The van der Waals surface area contributed by atoms with Gasteiger partial charge in [0.2, 0.25) is 0 Å². The first-order valence-electron chi connectivity index (χ1n) is 10.3. The molecule has 3 N–H and O–H groups in total. The molecule has 0 aliphatic carbocycles. The van der Waals surface area contributed by atoms with Crippen LogP contribution in [0.2, 0.25) is 0 Å². The van der Waals surface area contributed by atoms with Crippen molar-refractivity contribution in [3.63, 3.8) is 0 Å². The van der Waals surface area contributed by atoms with E-state index in [2.05, 4.69) is 33.1 Å². The van der Waals surface area contributed by atoms with Gasteiger partial charge in [0.1, 0.15) is 16.8 Å². The van der Waals surface area contributed by atoms with E-state index in [0.29, 0.717) is 29.3 Å². The second kappa shape index (κ2) is 8.05. The molecule has 0 spiro atoms. The van der Waals surface area contributed by atoms with E-state index in [1.807, 2.05) is 11.5 Å². The highest BCUT2D eigenvalue weighted by Crippen LogP contribution is 2.28. The van der Waals surface area contributed by atoms with Crippen molar-refractivity contribution in [3.8, 4) is 23.4 Å². The van der Waals surface area contributed by atoms with Crippen LogP contribution < -0.4 is 5.73 Å². The molecule has 30 heavy (non-hydrogen) atoms. The Kier molecular flexibility index (Phi) is 5.45. The third-order valence-electron chi connectivity index (χ3n) is 5.15. The lowest BCUT2D eigenvalue weighted by Gasteiger charge is -2.26. The highest BCUT2D eigenvalue weighted by atomic mass is 16.6. The predicted molar refractivity (Wildman–Crippen MR) is 113 cm³/mol. The van der Waals surface area contributed by atoms with Crippen molar-refractivity contribution in [1.82, 2.24) is 29.7 Å². The molecular weight excluding hydrogens is 382 g/mol. The number of aromatic nitrogens is 5. The maximum atomic E-state index is 10.1. The maximum absolute atomic E-state index is 10.1. The first-order valence-corrected chi connectivity index (χ1v) is 10.3. The van der Waals surface area contributed by atoms with Gasteiger partial charge in [-0.3, -0.25) is 4.90 Å². The molecule has 1 fully saturated rings. The number of anilines is 1. The van der Waals surface area contributed by atoms with Gasteiger partial charge in [0, 0.05) is 13.1 Å². The molecule has 0 saturated carbocycles. The van der Waals surface area contributed by atoms with E-state index in [4.69, 9.17) is 20.3 Å². The lowest BCUT2D eigenvalue weighted by atomic mass is 10.1. The summed E-state index contributed by atoms with van der Waals surface area (Å²) in [6, 6.07) is 2.06. The summed E-state index contributed by atoms with van der Waals surface area (Å²) in [7, 11) is 0. The molecule has 4 rings (SSSR count). The van der Waals surface area contributed by atoms with E-state index in [0.717, 1.165) is 30.8 Å². The summed E-state index contributed by atoms with van der Waals surface area (Å²) in [5.41, 5.74) is 8.19. The molecule has 9 nitrogen and oxygen atoms in total. The van der Waals surface area contributed by atoms with E-state index in [1.165, 1.54) is 19.3 Å². The van der Waals surface area contributed by atoms with Crippen LogP contribution in [0.25, 0.3) is 22.6 Å². The number of imidazole rings is 1. The summed E-state index contributed by atoms with van der Waals surface area (Å²) in [5, 5.41) is 17.7. The molecule has 0 aromatic carbocycles. The third-order valence-corrected chi connectivity index (χ3v) is 5.15. The number of nitrogen functional groups attached to an aromatic ring is 1. The minimum absolute atomic E-state index is 0.186. The predicted octanol–water partition coefficient (Wildman–Crippen LogP) is 2.19. The molecule has 0 bridgehead atoms. The normalized spacial score (nSPS) is 15.3. The van der Waals surface area contributed by atoms with Gasteiger partial charge in [0.25, 0.3) is 0 Å². The molecule has 4 heterocycles. The number of fused-ring (bicyclic) bond motifs is 1. The molecular formula is C21H27N7O2. The van der Waals surface area contributed by atoms with Crippen LogP contribution in [0.5, 0.6) is 0 Å². The van der Waals surface area contributed by atoms with Crippen LogP contribution in [0.1, 0.15) is 51.4 Å². The molecule has 3 aromatic heterocycles. The van der Waals surface area contributed by atoms with E-state index in [9.17, 15) is 5.11 Å². The average molecular weight is 409 g/mol. The summed E-state index contributed by atoms with van der Waals surface area (Å²) in [5.74, 6) is 6.65. The monoisotopic (exact) mass is 409 g/mol. The van der Waals surface area contributed by atoms with Crippen molar-refractivity contribution in [2.24, 2.45) is 0 Å². The molecule has 1 saturated heterocycles. The highest BCUT2D eigenvalue weighted by molar-refractivity contribution is 5.85. The van der Waals surface area contributed by atoms with Crippen LogP contribution in [0.3, 0.4) is 0 Å². The van der Waals surface area contributed by atoms with Crippen molar-refractivity contribution in [2.75, 3.05) is 18.8 Å². The van der Waals surface area contributed by atoms with Gasteiger partial charge in [-0.1, -0.05) is 12.3 Å². The van der Waals surface area contributed by atoms with Crippen molar-refractivity contribution in [3.05, 3.63) is 17.5 Å². The fourth-order valence-electron chi connectivity index (χ4n) is 3.75. The van der Waals surface area contributed by atoms with Gasteiger partial charge in [0.15, 0.2) is 17.3 Å². The number of rotatable bonds is 4. The third kappa shape index (κ3) is 4.15. The van der Waals surface area contributed by atoms with E-state index in [-0.39, 0.29) is 5.82 Å². The Balaban J connectivity index is 1.87. The van der Waals surface area contributed by atoms with Crippen molar-refractivity contribution in [2.45, 2.75) is 58.7 Å². The Labute approximate surface area is 175 Å². The number of hydrogen-bond donors (Lipinski definition) is 2. The van der Waals surface area contributed by atoms with Gasteiger partial charge in [-0.15, -0.1) is 0 Å². The van der Waals surface area contributed by atoms with Crippen LogP contribution in [-0.4, -0.2) is 53.5 Å². The first kappa shape index (κ1) is 20.3. The number of piperidine rings is 1. The largest absolute Gasteiger partial charge is 0.379 e. The minimum Gasteiger partial charge on any atom is -0.379 e. The molecule has 9 heteroatoms. The van der Waals surface area contributed by atoms with Crippen LogP contribution >= 0.6 is 0 Å². The van der Waals surface area contributed by atoms with Gasteiger partial charge >= 0.3 is 0 Å². The molecule has 158 valence electrons. The fourth-order valence-corrected chi connectivity index (χ4v) is 3.75. The van der Waals surface area contributed by atoms with Gasteiger partial charge in [-0.2, -0.15) is 0 Å². The fraction of sp³-hybridized carbons (Fsp3) is 0.524. The molecule has 3 aromatic rings. The number of aliphatic hydroxyl groups is 1. The first-order chi connectivity index (χ1) is 14.4. The summed E-state index contributed by atoms with van der Waals surface area (Å²) >= 11 is 0. The second-order valence-corrected chi connectivity index (χ2v) is 8.15. The van der Waals surface area contributed by atoms with E-state index in [1.54, 1.807) is 13.8 Å². The standard InChI is InChI=1S/C21H27N7O2/c1-4-28-16-12-14(13-27-10-6-5-7-11-27)23-15(8-9-21(2,3)29)17(16)24-20(28)18-19(22)26-30-25-18/h12,29H,4-7,10-11,13H2,1-3H3,(H2,22,26). The van der Waals surface area contributed by atoms with Crippen molar-refractivity contribution < 1.29 is 9.74 Å². The summed E-state index contributed by atoms with van der Waals surface area (Å²) in [6.07, 6.45) is 3.70. The second-order valence-electron chi connectivity index (χ2n) is 8.15. The molecule has 0 atom stereocenters. The molecule has 0 amide bonds. The Morgan fingerprint density at radius 3 is 2.60 bits per heavy atom. The summed E-state index contributed by atoms with van der Waals surface area (Å²) in [6.45, 7) is 8.88. The zero-order chi connectivity index (χ0) is 21.3. The van der Waals surface area contributed by atoms with Gasteiger partial charge in [-0.05, 0) is 69.0 Å². The number of nitrogens with zero attached hydrogens (tertiary/aromatic N) is 6. The van der Waals surface area contributed by atoms with Gasteiger partial charge < -0.3 is 15.4 Å². The zero-order valence-corrected chi connectivity index (χ0v) is 17.6. The number of pyridine rings is 1. The summed E-state index contributed by atoms with van der Waals surface area (Å²) < 4.78 is 6.80. The van der Waals surface area contributed by atoms with Crippen LogP contribution in [0, 0.1) is 11.8 Å². The van der Waals surface area contributed by atoms with Crippen molar-refractivity contribution in [1.29, 1.82) is 0 Å². The van der Waals surface area contributed by atoms with Gasteiger partial charge in [0.05, 0.1) is 11.2 Å². The lowest BCUT2D eigenvalue weighted by molar-refractivity contribution is 0.143. The molecule has 0 radical (unpaired) electrons. The Hall–Kier alpha value is -2.96. The molecule has 1 aliphatic heterocycles. The van der Waals surface area contributed by atoms with Crippen LogP contribution in [0.4, 0.5) is 5.82 Å². The number of hydrogen-bond acceptors (Lipinski definition) is 8. The Morgan fingerprint density at radius 2 is 1.97 bits per heavy atom. The Morgan fingerprint density at radius 1 is 1.20 bits per heavy atom. The van der Waals surface area contributed by atoms with E-state index >= 15 is 0 Å². The molecule has 1 aliphatic rings. The van der Waals surface area contributed by atoms with Gasteiger partial charge in [-0.25, -0.2) is 14.6 Å². The maximum Gasteiger partial charge on any atom is 0.199 e. The Bertz CT molecular complexity index is 1110. The summed E-state index contributed by atoms with van der Waals surface area (Å²) in [4.78, 5) is 11.9. The quantitative estimate of drug-likeness (QED) is 0.630. The van der Waals surface area contributed by atoms with Crippen molar-refractivity contribution >= 4 is 16.9 Å². The SMILES string of the molecule is CCn1c(-c2nonc2N)nc2c(C#CC(C)(C)O)nc(CN3CCCCC3)cc21. The van der Waals surface area contributed by atoms with Crippen LogP contribution in [-0.2, 0) is 13.1 Å². The zero-order valence-electron chi connectivity index (χ0n) is 17.6. The van der Waals surface area contributed by atoms with E-state index < -0.39 is 5.60 Å². The smallest absolute Gasteiger partial charge is 0.199 e. The number of nitrogens with two attached hydrogens (primary N) is 1. The average Bonchev–Trinajstić information content (AvgIpc) is 3.29.